The van der Waals surface area contributed by atoms with Crippen LogP contribution in [0, 0.1) is 6.92 Å². The fourth-order valence-corrected chi connectivity index (χ4v) is 1.70. The van der Waals surface area contributed by atoms with Crippen molar-refractivity contribution in [2.24, 2.45) is 0 Å². The molecular formula is C10H13BrO. The van der Waals surface area contributed by atoms with Gasteiger partial charge in [0.05, 0.1) is 6.10 Å². The molecule has 0 saturated heterocycles. The zero-order valence-corrected chi connectivity index (χ0v) is 9.18. The lowest BCUT2D eigenvalue weighted by molar-refractivity contribution is 0.119. The summed E-state index contributed by atoms with van der Waals surface area (Å²) >= 11 is 3.43. The summed E-state index contributed by atoms with van der Waals surface area (Å²) in [7, 11) is 1.73. The van der Waals surface area contributed by atoms with Gasteiger partial charge in [-0.3, -0.25) is 0 Å². The Morgan fingerprint density at radius 3 is 2.58 bits per heavy atom. The van der Waals surface area contributed by atoms with Crippen molar-refractivity contribution in [3.63, 3.8) is 0 Å². The van der Waals surface area contributed by atoms with E-state index in [2.05, 4.69) is 41.9 Å². The summed E-state index contributed by atoms with van der Waals surface area (Å²) in [6.45, 7) is 4.14. The lowest BCUT2D eigenvalue weighted by atomic mass is 10.1. The van der Waals surface area contributed by atoms with Crippen LogP contribution in [-0.4, -0.2) is 7.11 Å². The SMILES string of the molecule is COC(C)c1ccc(Br)cc1C. The van der Waals surface area contributed by atoms with Gasteiger partial charge in [0, 0.05) is 11.6 Å². The highest BCUT2D eigenvalue weighted by molar-refractivity contribution is 9.10. The van der Waals surface area contributed by atoms with E-state index in [1.54, 1.807) is 7.11 Å². The topological polar surface area (TPSA) is 9.23 Å². The van der Waals surface area contributed by atoms with Crippen LogP contribution in [0.25, 0.3) is 0 Å². The van der Waals surface area contributed by atoms with Gasteiger partial charge in [-0.15, -0.1) is 0 Å². The summed E-state index contributed by atoms with van der Waals surface area (Å²) in [6.07, 6.45) is 0.179. The highest BCUT2D eigenvalue weighted by atomic mass is 79.9. The number of rotatable bonds is 2. The van der Waals surface area contributed by atoms with Crippen molar-refractivity contribution in [2.45, 2.75) is 20.0 Å². The largest absolute Gasteiger partial charge is 0.377 e. The van der Waals surface area contributed by atoms with Crippen LogP contribution in [0.4, 0.5) is 0 Å². The summed E-state index contributed by atoms with van der Waals surface area (Å²) in [5.74, 6) is 0. The van der Waals surface area contributed by atoms with Gasteiger partial charge in [-0.05, 0) is 37.1 Å². The van der Waals surface area contributed by atoms with Gasteiger partial charge in [0.15, 0.2) is 0 Å². The van der Waals surface area contributed by atoms with Crippen LogP contribution in [0.3, 0.4) is 0 Å². The van der Waals surface area contributed by atoms with E-state index in [9.17, 15) is 0 Å². The van der Waals surface area contributed by atoms with E-state index in [0.29, 0.717) is 0 Å². The first-order valence-electron chi connectivity index (χ1n) is 3.94. The summed E-state index contributed by atoms with van der Waals surface area (Å²) in [6, 6.07) is 6.23. The van der Waals surface area contributed by atoms with E-state index in [1.807, 2.05) is 6.07 Å². The number of hydrogen-bond acceptors (Lipinski definition) is 1. The first-order valence-corrected chi connectivity index (χ1v) is 4.73. The van der Waals surface area contributed by atoms with Gasteiger partial charge in [-0.25, -0.2) is 0 Å². The van der Waals surface area contributed by atoms with Crippen LogP contribution in [0.2, 0.25) is 0 Å². The summed E-state index contributed by atoms with van der Waals surface area (Å²) in [5, 5.41) is 0. The first-order chi connectivity index (χ1) is 5.65. The smallest absolute Gasteiger partial charge is 0.0795 e. The zero-order valence-electron chi connectivity index (χ0n) is 7.60. The number of methoxy groups -OCH3 is 1. The molecule has 0 aliphatic carbocycles. The van der Waals surface area contributed by atoms with E-state index in [0.717, 1.165) is 4.47 Å². The summed E-state index contributed by atoms with van der Waals surface area (Å²) < 4.78 is 6.36. The molecule has 0 saturated carbocycles. The molecule has 0 fully saturated rings. The fourth-order valence-electron chi connectivity index (χ4n) is 1.22. The van der Waals surface area contributed by atoms with E-state index in [4.69, 9.17) is 4.74 Å². The maximum absolute atomic E-state index is 5.24. The molecule has 0 aromatic heterocycles. The molecule has 0 bridgehead atoms. The van der Waals surface area contributed by atoms with Crippen molar-refractivity contribution in [3.8, 4) is 0 Å². The predicted octanol–water partition coefficient (Wildman–Crippen LogP) is 3.46. The first kappa shape index (κ1) is 9.75. The summed E-state index contributed by atoms with van der Waals surface area (Å²) in [5.41, 5.74) is 2.51. The molecule has 1 rings (SSSR count). The number of halogens is 1. The van der Waals surface area contributed by atoms with Crippen LogP contribution in [0.5, 0.6) is 0 Å². The third-order valence-corrected chi connectivity index (χ3v) is 2.52. The Bertz CT molecular complexity index is 271. The molecule has 0 heterocycles. The molecule has 1 aromatic carbocycles. The molecule has 0 N–H and O–H groups in total. The Morgan fingerprint density at radius 1 is 1.42 bits per heavy atom. The van der Waals surface area contributed by atoms with E-state index in [1.165, 1.54) is 11.1 Å². The fraction of sp³-hybridized carbons (Fsp3) is 0.400. The second-order valence-corrected chi connectivity index (χ2v) is 3.79. The Morgan fingerprint density at radius 2 is 2.08 bits per heavy atom. The van der Waals surface area contributed by atoms with Crippen molar-refractivity contribution in [2.75, 3.05) is 7.11 Å². The maximum Gasteiger partial charge on any atom is 0.0795 e. The van der Waals surface area contributed by atoms with Crippen LogP contribution >= 0.6 is 15.9 Å². The third-order valence-electron chi connectivity index (χ3n) is 2.02. The van der Waals surface area contributed by atoms with Gasteiger partial charge in [0.1, 0.15) is 0 Å². The number of hydrogen-bond donors (Lipinski definition) is 0. The molecule has 0 spiro atoms. The van der Waals surface area contributed by atoms with E-state index >= 15 is 0 Å². The average Bonchev–Trinajstić information content (AvgIpc) is 2.03. The molecule has 1 atom stereocenters. The second-order valence-electron chi connectivity index (χ2n) is 2.88. The normalized spacial score (nSPS) is 13.0. The van der Waals surface area contributed by atoms with Crippen LogP contribution in [0.15, 0.2) is 22.7 Å². The summed E-state index contributed by atoms with van der Waals surface area (Å²) in [4.78, 5) is 0. The van der Waals surface area contributed by atoms with Crippen LogP contribution in [0.1, 0.15) is 24.2 Å². The minimum atomic E-state index is 0.179. The highest BCUT2D eigenvalue weighted by Gasteiger charge is 2.06. The van der Waals surface area contributed by atoms with Gasteiger partial charge in [0.25, 0.3) is 0 Å². The zero-order chi connectivity index (χ0) is 9.14. The van der Waals surface area contributed by atoms with Crippen molar-refractivity contribution >= 4 is 15.9 Å². The van der Waals surface area contributed by atoms with Crippen molar-refractivity contribution in [3.05, 3.63) is 33.8 Å². The average molecular weight is 229 g/mol. The molecule has 0 aliphatic rings. The molecule has 12 heavy (non-hydrogen) atoms. The molecular weight excluding hydrogens is 216 g/mol. The third kappa shape index (κ3) is 2.08. The lowest BCUT2D eigenvalue weighted by Gasteiger charge is -2.12. The van der Waals surface area contributed by atoms with Gasteiger partial charge in [-0.2, -0.15) is 0 Å². The minimum absolute atomic E-state index is 0.179. The monoisotopic (exact) mass is 228 g/mol. The Hall–Kier alpha value is -0.340. The molecule has 0 amide bonds. The Balaban J connectivity index is 3.01. The molecule has 0 radical (unpaired) electrons. The van der Waals surface area contributed by atoms with Gasteiger partial charge < -0.3 is 4.74 Å². The molecule has 66 valence electrons. The molecule has 0 aliphatic heterocycles. The van der Waals surface area contributed by atoms with Crippen molar-refractivity contribution in [1.82, 2.24) is 0 Å². The molecule has 1 nitrogen and oxygen atoms in total. The van der Waals surface area contributed by atoms with Gasteiger partial charge >= 0.3 is 0 Å². The standard InChI is InChI=1S/C10H13BrO/c1-7-6-9(11)4-5-10(7)8(2)12-3/h4-6,8H,1-3H3. The number of ether oxygens (including phenoxy) is 1. The van der Waals surface area contributed by atoms with Gasteiger partial charge in [-0.1, -0.05) is 22.0 Å². The van der Waals surface area contributed by atoms with Crippen molar-refractivity contribution in [1.29, 1.82) is 0 Å². The highest BCUT2D eigenvalue weighted by Crippen LogP contribution is 2.22. The number of benzene rings is 1. The molecule has 1 aromatic rings. The Labute approximate surface area is 81.9 Å². The minimum Gasteiger partial charge on any atom is -0.377 e. The lowest BCUT2D eigenvalue weighted by Crippen LogP contribution is -1.98. The molecule has 2 heteroatoms. The quantitative estimate of drug-likeness (QED) is 0.754. The van der Waals surface area contributed by atoms with Crippen LogP contribution < -0.4 is 0 Å². The van der Waals surface area contributed by atoms with E-state index < -0.39 is 0 Å². The number of aryl methyl sites for hydroxylation is 1. The maximum atomic E-state index is 5.24. The van der Waals surface area contributed by atoms with Crippen molar-refractivity contribution < 1.29 is 4.74 Å². The van der Waals surface area contributed by atoms with Gasteiger partial charge in [0.2, 0.25) is 0 Å². The van der Waals surface area contributed by atoms with Crippen LogP contribution in [-0.2, 0) is 4.74 Å². The molecule has 1 unspecified atom stereocenters. The second kappa shape index (κ2) is 4.06. The predicted molar refractivity (Wildman–Crippen MR) is 54.3 cm³/mol. The van der Waals surface area contributed by atoms with E-state index in [-0.39, 0.29) is 6.10 Å². The Kier molecular flexibility index (Phi) is 3.29.